The van der Waals surface area contributed by atoms with E-state index in [2.05, 4.69) is 0 Å². The number of aliphatic hydroxyl groups excluding tert-OH is 1. The van der Waals surface area contributed by atoms with Crippen molar-refractivity contribution in [1.29, 1.82) is 0 Å². The van der Waals surface area contributed by atoms with Crippen LogP contribution in [-0.2, 0) is 4.74 Å². The van der Waals surface area contributed by atoms with Crippen molar-refractivity contribution < 1.29 is 14.6 Å². The number of aliphatic hydroxyl groups is 1. The average molecular weight is 242 g/mol. The van der Waals surface area contributed by atoms with Crippen LogP contribution in [-0.4, -0.2) is 25.4 Å². The van der Waals surface area contributed by atoms with Crippen molar-refractivity contribution in [3.8, 4) is 5.75 Å². The maximum absolute atomic E-state index is 10.2. The Balaban J connectivity index is 1.93. The molecule has 1 aliphatic rings. The predicted octanol–water partition coefficient (Wildman–Crippen LogP) is 2.61. The van der Waals surface area contributed by atoms with E-state index in [0.717, 1.165) is 43.1 Å². The summed E-state index contributed by atoms with van der Waals surface area (Å²) in [4.78, 5) is 0.953. The molecule has 16 heavy (non-hydrogen) atoms. The van der Waals surface area contributed by atoms with Crippen LogP contribution in [0.25, 0.3) is 0 Å². The molecular formula is C12H18O3S. The fourth-order valence-corrected chi connectivity index (χ4v) is 2.98. The van der Waals surface area contributed by atoms with E-state index in [1.165, 1.54) is 0 Å². The van der Waals surface area contributed by atoms with Crippen LogP contribution in [0.5, 0.6) is 5.75 Å². The van der Waals surface area contributed by atoms with Crippen LogP contribution in [0.1, 0.15) is 30.2 Å². The highest BCUT2D eigenvalue weighted by Gasteiger charge is 2.21. The maximum Gasteiger partial charge on any atom is 0.135 e. The van der Waals surface area contributed by atoms with Crippen LogP contribution in [0.15, 0.2) is 11.4 Å². The minimum Gasteiger partial charge on any atom is -0.495 e. The molecule has 1 saturated heterocycles. The fourth-order valence-electron chi connectivity index (χ4n) is 2.13. The Hall–Kier alpha value is -0.580. The molecule has 2 rings (SSSR count). The first-order valence-corrected chi connectivity index (χ1v) is 6.56. The molecule has 0 aromatic carbocycles. The van der Waals surface area contributed by atoms with E-state index in [1.54, 1.807) is 18.4 Å². The zero-order chi connectivity index (χ0) is 11.4. The highest BCUT2D eigenvalue weighted by Crippen LogP contribution is 2.35. The van der Waals surface area contributed by atoms with Gasteiger partial charge in [0.05, 0.1) is 18.1 Å². The Morgan fingerprint density at radius 1 is 1.56 bits per heavy atom. The molecule has 3 nitrogen and oxygen atoms in total. The molecule has 1 unspecified atom stereocenters. The molecule has 1 atom stereocenters. The molecule has 0 spiro atoms. The summed E-state index contributed by atoms with van der Waals surface area (Å²) in [6.07, 6.45) is 2.55. The molecule has 0 aliphatic carbocycles. The van der Waals surface area contributed by atoms with Gasteiger partial charge in [-0.3, -0.25) is 0 Å². The molecule has 4 heteroatoms. The third-order valence-electron chi connectivity index (χ3n) is 3.08. The van der Waals surface area contributed by atoms with Crippen molar-refractivity contribution in [3.63, 3.8) is 0 Å². The van der Waals surface area contributed by atoms with E-state index < -0.39 is 6.10 Å². The number of methoxy groups -OCH3 is 1. The first kappa shape index (κ1) is 11.9. The van der Waals surface area contributed by atoms with Gasteiger partial charge in [-0.15, -0.1) is 11.3 Å². The van der Waals surface area contributed by atoms with Crippen LogP contribution in [0.3, 0.4) is 0 Å². The second kappa shape index (κ2) is 5.66. The van der Waals surface area contributed by atoms with Crippen molar-refractivity contribution in [3.05, 3.63) is 16.3 Å². The average Bonchev–Trinajstić information content (AvgIpc) is 2.78. The normalized spacial score (nSPS) is 19.6. The molecule has 0 amide bonds. The summed E-state index contributed by atoms with van der Waals surface area (Å²) in [6, 6.07) is 1.91. The number of rotatable bonds is 4. The minimum absolute atomic E-state index is 0.391. The van der Waals surface area contributed by atoms with Gasteiger partial charge in [-0.1, -0.05) is 0 Å². The summed E-state index contributed by atoms with van der Waals surface area (Å²) in [7, 11) is 1.65. The van der Waals surface area contributed by atoms with Gasteiger partial charge >= 0.3 is 0 Å². The van der Waals surface area contributed by atoms with Gasteiger partial charge < -0.3 is 14.6 Å². The lowest BCUT2D eigenvalue weighted by atomic mass is 9.93. The van der Waals surface area contributed by atoms with Gasteiger partial charge in [0.15, 0.2) is 0 Å². The maximum atomic E-state index is 10.2. The van der Waals surface area contributed by atoms with Gasteiger partial charge in [0.2, 0.25) is 0 Å². The lowest BCUT2D eigenvalue weighted by molar-refractivity contribution is 0.0438. The van der Waals surface area contributed by atoms with E-state index in [1.807, 2.05) is 11.4 Å². The van der Waals surface area contributed by atoms with Gasteiger partial charge in [-0.25, -0.2) is 0 Å². The summed E-state index contributed by atoms with van der Waals surface area (Å²) in [5, 5.41) is 12.1. The van der Waals surface area contributed by atoms with Gasteiger partial charge in [0, 0.05) is 13.2 Å². The Morgan fingerprint density at radius 2 is 2.31 bits per heavy atom. The van der Waals surface area contributed by atoms with Crippen LogP contribution < -0.4 is 4.74 Å². The molecule has 0 bridgehead atoms. The second-order valence-corrected chi connectivity index (χ2v) is 5.11. The fraction of sp³-hybridized carbons (Fsp3) is 0.667. The third kappa shape index (κ3) is 2.75. The van der Waals surface area contributed by atoms with E-state index in [4.69, 9.17) is 9.47 Å². The molecule has 1 aliphatic heterocycles. The van der Waals surface area contributed by atoms with Crippen molar-refractivity contribution >= 4 is 11.3 Å². The SMILES string of the molecule is COc1ccsc1C(O)CC1CCOCC1. The lowest BCUT2D eigenvalue weighted by Crippen LogP contribution is -2.17. The van der Waals surface area contributed by atoms with Crippen LogP contribution in [0.4, 0.5) is 0 Å². The Bertz CT molecular complexity index is 318. The zero-order valence-corrected chi connectivity index (χ0v) is 10.3. The standard InChI is InChI=1S/C12H18O3S/c1-14-11-4-7-16-12(11)10(13)8-9-2-5-15-6-3-9/h4,7,9-10,13H,2-3,5-6,8H2,1H3. The van der Waals surface area contributed by atoms with E-state index in [9.17, 15) is 5.11 Å². The van der Waals surface area contributed by atoms with Crippen LogP contribution in [0.2, 0.25) is 0 Å². The number of hydrogen-bond acceptors (Lipinski definition) is 4. The van der Waals surface area contributed by atoms with Crippen LogP contribution in [0, 0.1) is 5.92 Å². The second-order valence-electron chi connectivity index (χ2n) is 4.16. The first-order chi connectivity index (χ1) is 7.81. The smallest absolute Gasteiger partial charge is 0.135 e. The number of hydrogen-bond donors (Lipinski definition) is 1. The summed E-state index contributed by atoms with van der Waals surface area (Å²) < 4.78 is 10.5. The van der Waals surface area contributed by atoms with Crippen molar-refractivity contribution in [2.45, 2.75) is 25.4 Å². The molecule has 1 fully saturated rings. The van der Waals surface area contributed by atoms with Crippen molar-refractivity contribution in [1.82, 2.24) is 0 Å². The summed E-state index contributed by atoms with van der Waals surface area (Å²) in [5.74, 6) is 1.39. The lowest BCUT2D eigenvalue weighted by Gasteiger charge is -2.24. The van der Waals surface area contributed by atoms with Crippen LogP contribution >= 0.6 is 11.3 Å². The zero-order valence-electron chi connectivity index (χ0n) is 9.52. The van der Waals surface area contributed by atoms with Gasteiger partial charge in [0.1, 0.15) is 5.75 Å². The topological polar surface area (TPSA) is 38.7 Å². The largest absolute Gasteiger partial charge is 0.495 e. The Morgan fingerprint density at radius 3 is 3.00 bits per heavy atom. The van der Waals surface area contributed by atoms with E-state index in [0.29, 0.717) is 5.92 Å². The first-order valence-electron chi connectivity index (χ1n) is 5.68. The van der Waals surface area contributed by atoms with Crippen molar-refractivity contribution in [2.24, 2.45) is 5.92 Å². The third-order valence-corrected chi connectivity index (χ3v) is 4.08. The Kier molecular flexibility index (Phi) is 4.21. The van der Waals surface area contributed by atoms with Gasteiger partial charge in [0.25, 0.3) is 0 Å². The van der Waals surface area contributed by atoms with Gasteiger partial charge in [-0.2, -0.15) is 0 Å². The summed E-state index contributed by atoms with van der Waals surface area (Å²) in [5.41, 5.74) is 0. The molecule has 90 valence electrons. The highest BCUT2D eigenvalue weighted by atomic mass is 32.1. The monoisotopic (exact) mass is 242 g/mol. The predicted molar refractivity (Wildman–Crippen MR) is 64.0 cm³/mol. The molecule has 1 N–H and O–H groups in total. The van der Waals surface area contributed by atoms with Gasteiger partial charge in [-0.05, 0) is 36.6 Å². The molecule has 0 saturated carbocycles. The minimum atomic E-state index is -0.391. The quantitative estimate of drug-likeness (QED) is 0.882. The molecule has 0 radical (unpaired) electrons. The molecule has 2 heterocycles. The van der Waals surface area contributed by atoms with Crippen molar-refractivity contribution in [2.75, 3.05) is 20.3 Å². The number of ether oxygens (including phenoxy) is 2. The van der Waals surface area contributed by atoms with E-state index in [-0.39, 0.29) is 0 Å². The Labute approximate surface area is 100 Å². The number of thiophene rings is 1. The highest BCUT2D eigenvalue weighted by molar-refractivity contribution is 7.10. The molecule has 1 aromatic heterocycles. The molecule has 1 aromatic rings. The van der Waals surface area contributed by atoms with E-state index >= 15 is 0 Å². The summed E-state index contributed by atoms with van der Waals surface area (Å²) in [6.45, 7) is 1.66. The molecular weight excluding hydrogens is 224 g/mol. The summed E-state index contributed by atoms with van der Waals surface area (Å²) >= 11 is 1.56.